The monoisotopic (exact) mass is 582 g/mol. The number of likely N-dealkylation sites (tertiary alicyclic amines) is 1. The maximum Gasteiger partial charge on any atom is 0.253 e. The summed E-state index contributed by atoms with van der Waals surface area (Å²) in [5, 5.41) is 3.25. The smallest absolute Gasteiger partial charge is 0.253 e. The van der Waals surface area contributed by atoms with Crippen LogP contribution in [0.5, 0.6) is 0 Å². The number of benzene rings is 2. The van der Waals surface area contributed by atoms with Gasteiger partial charge in [-0.25, -0.2) is 13.8 Å². The molecule has 1 aromatic heterocycles. The molecular formula is C31H40F2N6O3. The van der Waals surface area contributed by atoms with Crippen molar-refractivity contribution in [3.05, 3.63) is 59.3 Å². The van der Waals surface area contributed by atoms with Crippen LogP contribution in [-0.4, -0.2) is 90.5 Å². The lowest BCUT2D eigenvalue weighted by Crippen LogP contribution is -2.40. The van der Waals surface area contributed by atoms with E-state index >= 15 is 0 Å². The second-order valence-corrected chi connectivity index (χ2v) is 12.1. The van der Waals surface area contributed by atoms with Gasteiger partial charge in [0, 0.05) is 62.1 Å². The average Bonchev–Trinajstić information content (AvgIpc) is 3.46. The molecule has 0 spiro atoms. The molecule has 9 nitrogen and oxygen atoms in total. The van der Waals surface area contributed by atoms with Crippen molar-refractivity contribution in [1.29, 1.82) is 0 Å². The predicted molar refractivity (Wildman–Crippen MR) is 159 cm³/mol. The number of anilines is 2. The van der Waals surface area contributed by atoms with Crippen LogP contribution in [0.25, 0.3) is 11.0 Å². The van der Waals surface area contributed by atoms with E-state index in [0.717, 1.165) is 43.0 Å². The quantitative estimate of drug-likeness (QED) is 0.404. The van der Waals surface area contributed by atoms with Crippen LogP contribution in [0.15, 0.2) is 36.5 Å². The number of amides is 1. The first kappa shape index (κ1) is 30.1. The van der Waals surface area contributed by atoms with Gasteiger partial charge in [0.05, 0.1) is 48.8 Å². The highest BCUT2D eigenvalue weighted by Crippen LogP contribution is 2.30. The molecule has 2 saturated heterocycles. The maximum atomic E-state index is 14.0. The van der Waals surface area contributed by atoms with E-state index in [1.54, 1.807) is 17.2 Å². The summed E-state index contributed by atoms with van der Waals surface area (Å²) in [6.07, 6.45) is 2.58. The third-order valence-electron chi connectivity index (χ3n) is 7.81. The van der Waals surface area contributed by atoms with Gasteiger partial charge in [-0.2, -0.15) is 0 Å². The first-order valence-corrected chi connectivity index (χ1v) is 14.5. The number of nitrogens with zero attached hydrogens (tertiary/aromatic N) is 5. The fourth-order valence-corrected chi connectivity index (χ4v) is 5.34. The number of aromatic nitrogens is 2. The molecule has 2 fully saturated rings. The molecule has 2 atom stereocenters. The van der Waals surface area contributed by atoms with Crippen LogP contribution in [0.2, 0.25) is 0 Å². The number of carbonyl (C=O) groups is 1. The second-order valence-electron chi connectivity index (χ2n) is 12.1. The third kappa shape index (κ3) is 6.96. The molecule has 2 unspecified atom stereocenters. The number of hydrogen-bond acceptors (Lipinski definition) is 8. The molecule has 0 saturated carbocycles. The van der Waals surface area contributed by atoms with E-state index in [-0.39, 0.29) is 23.6 Å². The molecule has 5 rings (SSSR count). The topological polar surface area (TPSA) is 83.1 Å². The van der Waals surface area contributed by atoms with E-state index in [9.17, 15) is 13.6 Å². The van der Waals surface area contributed by atoms with Gasteiger partial charge in [-0.15, -0.1) is 0 Å². The molecule has 0 aliphatic carbocycles. The Kier molecular flexibility index (Phi) is 8.91. The fraction of sp³-hybridized carbons (Fsp3) is 0.516. The highest BCUT2D eigenvalue weighted by atomic mass is 19.2. The Morgan fingerprint density at radius 3 is 2.64 bits per heavy atom. The largest absolute Gasteiger partial charge is 0.378 e. The standard InChI is InChI=1S/C31H40F2N6O3/c1-20(35-22-6-7-25(32)26(33)16-22)24-14-21(15-27-29(24)36-28(17-34-27)39-10-12-41-13-11-39)30(40)37(5)23-8-9-38(18-23)19-42-31(2,3)4/h6-7,14-17,20,23,35H,8-13,18-19H2,1-5H3. The third-order valence-corrected chi connectivity index (χ3v) is 7.81. The Morgan fingerprint density at radius 1 is 1.17 bits per heavy atom. The molecule has 0 radical (unpaired) electrons. The fourth-order valence-electron chi connectivity index (χ4n) is 5.34. The molecule has 2 aromatic carbocycles. The number of fused-ring (bicyclic) bond motifs is 1. The lowest BCUT2D eigenvalue weighted by atomic mass is 10.0. The summed E-state index contributed by atoms with van der Waals surface area (Å²) in [5.41, 5.74) is 2.66. The summed E-state index contributed by atoms with van der Waals surface area (Å²) in [7, 11) is 1.83. The molecule has 2 aliphatic heterocycles. The zero-order valence-electron chi connectivity index (χ0n) is 25.0. The van der Waals surface area contributed by atoms with E-state index in [4.69, 9.17) is 19.4 Å². The molecular weight excluding hydrogens is 542 g/mol. The Labute approximate surface area is 245 Å². The maximum absolute atomic E-state index is 14.0. The second kappa shape index (κ2) is 12.4. The van der Waals surface area contributed by atoms with Crippen LogP contribution >= 0.6 is 0 Å². The van der Waals surface area contributed by atoms with Gasteiger partial charge in [-0.3, -0.25) is 14.7 Å². The van der Waals surface area contributed by atoms with Crippen molar-refractivity contribution < 1.29 is 23.0 Å². The number of morpholine rings is 1. The number of carbonyl (C=O) groups excluding carboxylic acids is 1. The molecule has 1 N–H and O–H groups in total. The van der Waals surface area contributed by atoms with Gasteiger partial charge >= 0.3 is 0 Å². The van der Waals surface area contributed by atoms with Crippen molar-refractivity contribution in [2.24, 2.45) is 0 Å². The van der Waals surface area contributed by atoms with E-state index in [2.05, 4.69) is 15.1 Å². The highest BCUT2D eigenvalue weighted by Gasteiger charge is 2.30. The van der Waals surface area contributed by atoms with Crippen molar-refractivity contribution in [3.8, 4) is 0 Å². The minimum Gasteiger partial charge on any atom is -0.378 e. The SMILES string of the molecule is CC(Nc1ccc(F)c(F)c1)c1cc(C(=O)N(C)C2CCN(COC(C)(C)C)C2)cc2ncc(N3CCOCC3)nc12. The highest BCUT2D eigenvalue weighted by molar-refractivity contribution is 5.98. The molecule has 11 heteroatoms. The van der Waals surface area contributed by atoms with Gasteiger partial charge in [0.25, 0.3) is 5.91 Å². The zero-order valence-corrected chi connectivity index (χ0v) is 25.0. The predicted octanol–water partition coefficient (Wildman–Crippen LogP) is 4.84. The van der Waals surface area contributed by atoms with Gasteiger partial charge in [0.2, 0.25) is 0 Å². The minimum absolute atomic E-state index is 0.0488. The first-order chi connectivity index (χ1) is 20.0. The molecule has 42 heavy (non-hydrogen) atoms. The van der Waals surface area contributed by atoms with Gasteiger partial charge in [0.1, 0.15) is 5.82 Å². The first-order valence-electron chi connectivity index (χ1n) is 14.5. The van der Waals surface area contributed by atoms with Crippen molar-refractivity contribution in [3.63, 3.8) is 0 Å². The van der Waals surface area contributed by atoms with Gasteiger partial charge in [-0.1, -0.05) is 0 Å². The number of nitrogens with one attached hydrogen (secondary N) is 1. The van der Waals surface area contributed by atoms with Crippen molar-refractivity contribution >= 4 is 28.4 Å². The lowest BCUT2D eigenvalue weighted by molar-refractivity contribution is -0.0578. The van der Waals surface area contributed by atoms with Crippen LogP contribution in [0.1, 0.15) is 56.1 Å². The molecule has 3 heterocycles. The Hall–Kier alpha value is -3.41. The summed E-state index contributed by atoms with van der Waals surface area (Å²) in [6, 6.07) is 6.98. The van der Waals surface area contributed by atoms with Crippen LogP contribution in [0, 0.1) is 11.6 Å². The van der Waals surface area contributed by atoms with Crippen LogP contribution in [0.3, 0.4) is 0 Å². The summed E-state index contributed by atoms with van der Waals surface area (Å²) >= 11 is 0. The van der Waals surface area contributed by atoms with E-state index in [1.165, 1.54) is 6.07 Å². The normalized spacial score (nSPS) is 18.8. The van der Waals surface area contributed by atoms with E-state index < -0.39 is 11.6 Å². The molecule has 0 bridgehead atoms. The number of hydrogen-bond donors (Lipinski definition) is 1. The van der Waals surface area contributed by atoms with Crippen LogP contribution in [0.4, 0.5) is 20.3 Å². The number of rotatable bonds is 8. The molecule has 3 aromatic rings. The number of ether oxygens (including phenoxy) is 2. The summed E-state index contributed by atoms with van der Waals surface area (Å²) < 4.78 is 39.0. The Morgan fingerprint density at radius 2 is 1.93 bits per heavy atom. The van der Waals surface area contributed by atoms with Crippen LogP contribution < -0.4 is 10.2 Å². The molecule has 1 amide bonds. The lowest BCUT2D eigenvalue weighted by Gasteiger charge is -2.28. The average molecular weight is 583 g/mol. The summed E-state index contributed by atoms with van der Waals surface area (Å²) in [4.78, 5) is 29.6. The zero-order chi connectivity index (χ0) is 30.0. The van der Waals surface area contributed by atoms with E-state index in [1.807, 2.05) is 40.8 Å². The van der Waals surface area contributed by atoms with Gasteiger partial charge in [-0.05, 0) is 58.4 Å². The number of halogens is 2. The van der Waals surface area contributed by atoms with E-state index in [0.29, 0.717) is 55.3 Å². The molecule has 2 aliphatic rings. The molecule has 226 valence electrons. The van der Waals surface area contributed by atoms with Gasteiger partial charge < -0.3 is 24.6 Å². The Balaban J connectivity index is 1.43. The summed E-state index contributed by atoms with van der Waals surface area (Å²) in [6.45, 7) is 12.7. The Bertz CT molecular complexity index is 1430. The van der Waals surface area contributed by atoms with Crippen molar-refractivity contribution in [1.82, 2.24) is 19.8 Å². The van der Waals surface area contributed by atoms with Crippen LogP contribution in [-0.2, 0) is 9.47 Å². The minimum atomic E-state index is -0.935. The number of likely N-dealkylation sites (N-methyl/N-ethyl adjacent to an activating group) is 1. The van der Waals surface area contributed by atoms with Crippen molar-refractivity contribution in [2.45, 2.75) is 51.8 Å². The summed E-state index contributed by atoms with van der Waals surface area (Å²) in [5.74, 6) is -1.23. The van der Waals surface area contributed by atoms with Gasteiger partial charge in [0.15, 0.2) is 11.6 Å². The van der Waals surface area contributed by atoms with Crippen molar-refractivity contribution in [2.75, 3.05) is 63.4 Å².